The van der Waals surface area contributed by atoms with E-state index in [1.165, 1.54) is 11.8 Å². The van der Waals surface area contributed by atoms with Crippen LogP contribution in [-0.2, 0) is 4.74 Å². The first-order chi connectivity index (χ1) is 8.74. The topological polar surface area (TPSA) is 85.0 Å². The average Bonchev–Trinajstić information content (AvgIpc) is 2.85. The maximum Gasteiger partial charge on any atom is 0.514 e. The quantitative estimate of drug-likeness (QED) is 0.475. The Hall–Kier alpha value is -1.96. The van der Waals surface area contributed by atoms with Gasteiger partial charge in [0.15, 0.2) is 0 Å². The fraction of sp³-hybridized carbons (Fsp3) is 0.300. The summed E-state index contributed by atoms with van der Waals surface area (Å²) in [5.41, 5.74) is 0.653. The largest absolute Gasteiger partial charge is 0.514 e. The van der Waals surface area contributed by atoms with Crippen LogP contribution < -0.4 is 4.74 Å². The summed E-state index contributed by atoms with van der Waals surface area (Å²) in [7, 11) is 0. The SMILES string of the molecule is Cc1ccc(OC(=O)OCSC2N=NN=N2)cc1. The van der Waals surface area contributed by atoms with Gasteiger partial charge in [0.05, 0.1) is 0 Å². The highest BCUT2D eigenvalue weighted by Gasteiger charge is 2.12. The number of hydrogen-bond acceptors (Lipinski definition) is 8. The fourth-order valence-electron chi connectivity index (χ4n) is 1.10. The second-order valence-electron chi connectivity index (χ2n) is 3.33. The molecule has 0 saturated carbocycles. The van der Waals surface area contributed by atoms with E-state index < -0.39 is 11.7 Å². The molecule has 0 spiro atoms. The average molecular weight is 266 g/mol. The molecule has 0 radical (unpaired) electrons. The van der Waals surface area contributed by atoms with Gasteiger partial charge in [-0.3, -0.25) is 0 Å². The summed E-state index contributed by atoms with van der Waals surface area (Å²) < 4.78 is 9.79. The third kappa shape index (κ3) is 3.81. The highest BCUT2D eigenvalue weighted by atomic mass is 32.2. The Balaban J connectivity index is 1.70. The Morgan fingerprint density at radius 3 is 2.61 bits per heavy atom. The van der Waals surface area contributed by atoms with Gasteiger partial charge in [0, 0.05) is 0 Å². The van der Waals surface area contributed by atoms with Gasteiger partial charge < -0.3 is 9.47 Å². The number of rotatable bonds is 4. The van der Waals surface area contributed by atoms with Gasteiger partial charge in [-0.05, 0) is 29.5 Å². The van der Waals surface area contributed by atoms with Crippen LogP contribution in [0.5, 0.6) is 5.75 Å². The minimum Gasteiger partial charge on any atom is -0.423 e. The van der Waals surface area contributed by atoms with E-state index in [1.807, 2.05) is 19.1 Å². The van der Waals surface area contributed by atoms with Crippen molar-refractivity contribution in [2.75, 3.05) is 5.94 Å². The van der Waals surface area contributed by atoms with Gasteiger partial charge >= 0.3 is 6.16 Å². The van der Waals surface area contributed by atoms with Crippen LogP contribution >= 0.6 is 11.8 Å². The summed E-state index contributed by atoms with van der Waals surface area (Å²) in [5.74, 6) is 0.517. The van der Waals surface area contributed by atoms with E-state index in [-0.39, 0.29) is 5.94 Å². The lowest BCUT2D eigenvalue weighted by Crippen LogP contribution is -2.11. The molecule has 1 aliphatic heterocycles. The first-order valence-corrected chi connectivity index (χ1v) is 6.12. The molecule has 0 aromatic heterocycles. The highest BCUT2D eigenvalue weighted by molar-refractivity contribution is 7.99. The normalized spacial score (nSPS) is 13.8. The molecule has 0 bridgehead atoms. The maximum atomic E-state index is 11.3. The smallest absolute Gasteiger partial charge is 0.423 e. The standard InChI is InChI=1S/C10H10N4O3S/c1-7-2-4-8(5-3-7)17-10(15)16-6-18-9-11-13-14-12-9/h2-5,9H,6H2,1H3. The predicted molar refractivity (Wildman–Crippen MR) is 64.2 cm³/mol. The van der Waals surface area contributed by atoms with Crippen molar-refractivity contribution in [1.82, 2.24) is 0 Å². The molecule has 94 valence electrons. The monoisotopic (exact) mass is 266 g/mol. The molecule has 2 rings (SSSR count). The number of carbonyl (C=O) groups excluding carboxylic acids is 1. The summed E-state index contributed by atoms with van der Waals surface area (Å²) in [5, 5.41) is 14.0. The van der Waals surface area contributed by atoms with Gasteiger partial charge in [-0.2, -0.15) is 0 Å². The number of benzene rings is 1. The van der Waals surface area contributed by atoms with Crippen molar-refractivity contribution in [1.29, 1.82) is 0 Å². The molecule has 0 aliphatic carbocycles. The van der Waals surface area contributed by atoms with E-state index >= 15 is 0 Å². The minimum absolute atomic E-state index is 0.0768. The van der Waals surface area contributed by atoms with Crippen molar-refractivity contribution in [3.63, 3.8) is 0 Å². The van der Waals surface area contributed by atoms with Crippen molar-refractivity contribution < 1.29 is 14.3 Å². The summed E-state index contributed by atoms with van der Waals surface area (Å²) >= 11 is 1.18. The van der Waals surface area contributed by atoms with Crippen LogP contribution in [0.3, 0.4) is 0 Å². The number of thioether (sulfide) groups is 1. The lowest BCUT2D eigenvalue weighted by atomic mass is 10.2. The number of hydrogen-bond donors (Lipinski definition) is 0. The van der Waals surface area contributed by atoms with Crippen molar-refractivity contribution in [3.05, 3.63) is 29.8 Å². The molecule has 1 aromatic rings. The first kappa shape index (κ1) is 12.5. The Morgan fingerprint density at radius 1 is 1.28 bits per heavy atom. The molecule has 8 heteroatoms. The van der Waals surface area contributed by atoms with Gasteiger partial charge in [0.2, 0.25) is 5.50 Å². The zero-order valence-corrected chi connectivity index (χ0v) is 10.3. The molecule has 1 aliphatic rings. The van der Waals surface area contributed by atoms with Crippen LogP contribution in [0.15, 0.2) is 44.9 Å². The van der Waals surface area contributed by atoms with Crippen molar-refractivity contribution in [2.45, 2.75) is 12.4 Å². The molecule has 1 aromatic carbocycles. The molecule has 1 heterocycles. The van der Waals surface area contributed by atoms with Crippen molar-refractivity contribution in [3.8, 4) is 5.75 Å². The number of carbonyl (C=O) groups is 1. The zero-order valence-electron chi connectivity index (χ0n) is 9.52. The van der Waals surface area contributed by atoms with Crippen LogP contribution in [0.25, 0.3) is 0 Å². The molecule has 0 unspecified atom stereocenters. The Kier molecular flexibility index (Phi) is 4.24. The van der Waals surface area contributed by atoms with E-state index in [2.05, 4.69) is 20.7 Å². The van der Waals surface area contributed by atoms with Gasteiger partial charge in [-0.15, -0.1) is 10.2 Å². The van der Waals surface area contributed by atoms with Gasteiger partial charge in [-0.1, -0.05) is 29.5 Å². The Labute approximate surface area is 107 Å². The zero-order chi connectivity index (χ0) is 12.8. The van der Waals surface area contributed by atoms with Gasteiger partial charge in [0.1, 0.15) is 11.7 Å². The van der Waals surface area contributed by atoms with Crippen LogP contribution in [-0.4, -0.2) is 17.6 Å². The van der Waals surface area contributed by atoms with E-state index in [4.69, 9.17) is 9.47 Å². The summed E-state index contributed by atoms with van der Waals surface area (Å²) in [6, 6.07) is 7.08. The molecule has 18 heavy (non-hydrogen) atoms. The Morgan fingerprint density at radius 2 is 1.94 bits per heavy atom. The molecule has 0 amide bonds. The van der Waals surface area contributed by atoms with E-state index in [9.17, 15) is 4.79 Å². The van der Waals surface area contributed by atoms with E-state index in [0.717, 1.165) is 5.56 Å². The number of ether oxygens (including phenoxy) is 2. The van der Waals surface area contributed by atoms with E-state index in [0.29, 0.717) is 5.75 Å². The highest BCUT2D eigenvalue weighted by Crippen LogP contribution is 2.19. The summed E-state index contributed by atoms with van der Waals surface area (Å²) in [4.78, 5) is 11.3. The number of aryl methyl sites for hydroxylation is 1. The van der Waals surface area contributed by atoms with Crippen LogP contribution in [0.1, 0.15) is 5.56 Å². The van der Waals surface area contributed by atoms with Crippen molar-refractivity contribution in [2.24, 2.45) is 20.7 Å². The molecule has 0 N–H and O–H groups in total. The van der Waals surface area contributed by atoms with Gasteiger partial charge in [-0.25, -0.2) is 4.79 Å². The second-order valence-corrected chi connectivity index (χ2v) is 4.32. The second kappa shape index (κ2) is 6.10. The van der Waals surface area contributed by atoms with Crippen LogP contribution in [0.2, 0.25) is 0 Å². The summed E-state index contributed by atoms with van der Waals surface area (Å²) in [6.07, 6.45) is -0.766. The lowest BCUT2D eigenvalue weighted by molar-refractivity contribution is 0.116. The molecule has 0 saturated heterocycles. The van der Waals surface area contributed by atoms with Crippen molar-refractivity contribution >= 4 is 17.9 Å². The van der Waals surface area contributed by atoms with Crippen LogP contribution in [0.4, 0.5) is 4.79 Å². The third-order valence-electron chi connectivity index (χ3n) is 1.96. The minimum atomic E-state index is -0.766. The molecule has 7 nitrogen and oxygen atoms in total. The molecule has 0 atom stereocenters. The molecular weight excluding hydrogens is 256 g/mol. The molecule has 0 fully saturated rings. The maximum absolute atomic E-state index is 11.3. The predicted octanol–water partition coefficient (Wildman–Crippen LogP) is 3.32. The fourth-order valence-corrected chi connectivity index (χ4v) is 1.60. The lowest BCUT2D eigenvalue weighted by Gasteiger charge is -2.05. The third-order valence-corrected chi connectivity index (χ3v) is 2.70. The van der Waals surface area contributed by atoms with Crippen LogP contribution in [0, 0.1) is 6.92 Å². The van der Waals surface area contributed by atoms with Gasteiger partial charge in [0.25, 0.3) is 0 Å². The first-order valence-electron chi connectivity index (χ1n) is 5.07. The Bertz CT molecular complexity index is 463. The number of nitrogens with zero attached hydrogens (tertiary/aromatic N) is 4. The van der Waals surface area contributed by atoms with E-state index in [1.54, 1.807) is 12.1 Å². The molecular formula is C10H10N4O3S. The summed E-state index contributed by atoms with van der Waals surface area (Å²) in [6.45, 7) is 1.95.